The molecule has 0 saturated heterocycles. The summed E-state index contributed by atoms with van der Waals surface area (Å²) in [7, 11) is 0. The number of benzene rings is 1. The molecule has 0 spiro atoms. The van der Waals surface area contributed by atoms with E-state index in [9.17, 15) is 0 Å². The number of hydrogen-bond acceptors (Lipinski definition) is 3. The number of rotatable bonds is 6. The van der Waals surface area contributed by atoms with Gasteiger partial charge in [0.15, 0.2) is 0 Å². The van der Waals surface area contributed by atoms with Crippen molar-refractivity contribution in [3.63, 3.8) is 0 Å². The monoisotopic (exact) mass is 234 g/mol. The molecule has 0 amide bonds. The molecule has 3 heteroatoms. The Hall–Kier alpha value is -0.900. The normalized spacial score (nSPS) is 16.2. The fourth-order valence-corrected chi connectivity index (χ4v) is 2.40. The molecule has 0 heterocycles. The second-order valence-corrected chi connectivity index (χ2v) is 4.75. The minimum Gasteiger partial charge on any atom is -0.395 e. The van der Waals surface area contributed by atoms with E-state index in [0.717, 1.165) is 13.1 Å². The van der Waals surface area contributed by atoms with Crippen LogP contribution in [0, 0.1) is 0 Å². The van der Waals surface area contributed by atoms with Crippen molar-refractivity contribution < 1.29 is 5.11 Å². The summed E-state index contributed by atoms with van der Waals surface area (Å²) in [6.07, 6.45) is 3.86. The lowest BCUT2D eigenvalue weighted by Gasteiger charge is -2.37. The van der Waals surface area contributed by atoms with Gasteiger partial charge in [-0.1, -0.05) is 30.7 Å². The standard InChI is InChI=1S/C14H22N2O/c15-10-12-4-1-2-5-13(12)11-16(8-9-17)14-6-3-7-14/h1-2,4-5,14,17H,3,6-11,15H2. The molecular weight excluding hydrogens is 212 g/mol. The van der Waals surface area contributed by atoms with E-state index < -0.39 is 0 Å². The van der Waals surface area contributed by atoms with Crippen LogP contribution in [-0.2, 0) is 13.1 Å². The molecule has 1 saturated carbocycles. The molecule has 3 nitrogen and oxygen atoms in total. The van der Waals surface area contributed by atoms with Gasteiger partial charge in [0, 0.05) is 25.7 Å². The van der Waals surface area contributed by atoms with Crippen LogP contribution in [-0.4, -0.2) is 29.2 Å². The highest BCUT2D eigenvalue weighted by Gasteiger charge is 2.24. The van der Waals surface area contributed by atoms with E-state index in [2.05, 4.69) is 23.1 Å². The molecule has 94 valence electrons. The van der Waals surface area contributed by atoms with Crippen LogP contribution in [0.15, 0.2) is 24.3 Å². The summed E-state index contributed by atoms with van der Waals surface area (Å²) in [6.45, 7) is 2.51. The molecule has 1 aliphatic carbocycles. The van der Waals surface area contributed by atoms with Crippen molar-refractivity contribution in [3.05, 3.63) is 35.4 Å². The summed E-state index contributed by atoms with van der Waals surface area (Å²) in [6, 6.07) is 8.99. The Balaban J connectivity index is 2.05. The summed E-state index contributed by atoms with van der Waals surface area (Å²) in [5.41, 5.74) is 8.27. The topological polar surface area (TPSA) is 49.5 Å². The van der Waals surface area contributed by atoms with Gasteiger partial charge >= 0.3 is 0 Å². The molecule has 1 aromatic rings. The van der Waals surface area contributed by atoms with E-state index in [-0.39, 0.29) is 6.61 Å². The van der Waals surface area contributed by atoms with Crippen LogP contribution < -0.4 is 5.73 Å². The number of aliphatic hydroxyl groups excluding tert-OH is 1. The van der Waals surface area contributed by atoms with Crippen molar-refractivity contribution >= 4 is 0 Å². The smallest absolute Gasteiger partial charge is 0.0558 e. The Kier molecular flexibility index (Phi) is 4.54. The maximum atomic E-state index is 9.14. The molecule has 0 aromatic heterocycles. The number of nitrogens with two attached hydrogens (primary N) is 1. The van der Waals surface area contributed by atoms with E-state index in [4.69, 9.17) is 10.8 Å². The molecular formula is C14H22N2O. The molecule has 0 atom stereocenters. The lowest BCUT2D eigenvalue weighted by molar-refractivity contribution is 0.0943. The zero-order valence-corrected chi connectivity index (χ0v) is 10.3. The van der Waals surface area contributed by atoms with Crippen LogP contribution in [0.5, 0.6) is 0 Å². The summed E-state index contributed by atoms with van der Waals surface area (Å²) in [4.78, 5) is 2.39. The molecule has 1 fully saturated rings. The lowest BCUT2D eigenvalue weighted by atomic mass is 9.91. The first-order chi connectivity index (χ1) is 8.35. The largest absolute Gasteiger partial charge is 0.395 e. The predicted molar refractivity (Wildman–Crippen MR) is 69.5 cm³/mol. The summed E-state index contributed by atoms with van der Waals surface area (Å²) < 4.78 is 0. The van der Waals surface area contributed by atoms with Crippen molar-refractivity contribution in [3.8, 4) is 0 Å². The first-order valence-corrected chi connectivity index (χ1v) is 6.47. The van der Waals surface area contributed by atoms with E-state index in [1.54, 1.807) is 0 Å². The number of hydrogen-bond donors (Lipinski definition) is 2. The van der Waals surface area contributed by atoms with Gasteiger partial charge in [0.25, 0.3) is 0 Å². The van der Waals surface area contributed by atoms with Crippen molar-refractivity contribution in [2.24, 2.45) is 5.73 Å². The average Bonchev–Trinajstić information content (AvgIpc) is 2.28. The molecule has 17 heavy (non-hydrogen) atoms. The van der Waals surface area contributed by atoms with E-state index >= 15 is 0 Å². The van der Waals surface area contributed by atoms with Crippen LogP contribution in [0.2, 0.25) is 0 Å². The SMILES string of the molecule is NCc1ccccc1CN(CCO)C1CCC1. The summed E-state index contributed by atoms with van der Waals surface area (Å²) >= 11 is 0. The quantitative estimate of drug-likeness (QED) is 0.784. The highest BCUT2D eigenvalue weighted by atomic mass is 16.3. The van der Waals surface area contributed by atoms with Crippen LogP contribution in [0.1, 0.15) is 30.4 Å². The van der Waals surface area contributed by atoms with Crippen molar-refractivity contribution in [1.29, 1.82) is 0 Å². The van der Waals surface area contributed by atoms with Crippen molar-refractivity contribution in [2.75, 3.05) is 13.2 Å². The first kappa shape index (κ1) is 12.6. The van der Waals surface area contributed by atoms with Crippen LogP contribution in [0.25, 0.3) is 0 Å². The minimum atomic E-state index is 0.237. The number of aliphatic hydroxyl groups is 1. The fourth-order valence-electron chi connectivity index (χ4n) is 2.40. The third-order valence-electron chi connectivity index (χ3n) is 3.69. The third-order valence-corrected chi connectivity index (χ3v) is 3.69. The predicted octanol–water partition coefficient (Wildman–Crippen LogP) is 1.49. The Morgan fingerprint density at radius 2 is 1.94 bits per heavy atom. The maximum Gasteiger partial charge on any atom is 0.0558 e. The lowest BCUT2D eigenvalue weighted by Crippen LogP contribution is -2.41. The second kappa shape index (κ2) is 6.15. The second-order valence-electron chi connectivity index (χ2n) is 4.75. The molecule has 0 aliphatic heterocycles. The van der Waals surface area contributed by atoms with E-state index in [0.29, 0.717) is 12.6 Å². The molecule has 0 bridgehead atoms. The summed E-state index contributed by atoms with van der Waals surface area (Å²) in [5.74, 6) is 0. The molecule has 1 aromatic carbocycles. The van der Waals surface area contributed by atoms with Gasteiger partial charge in [-0.2, -0.15) is 0 Å². The molecule has 0 unspecified atom stereocenters. The average molecular weight is 234 g/mol. The van der Waals surface area contributed by atoms with Gasteiger partial charge in [-0.05, 0) is 24.0 Å². The van der Waals surface area contributed by atoms with Gasteiger partial charge in [-0.3, -0.25) is 4.90 Å². The van der Waals surface area contributed by atoms with Gasteiger partial charge in [0.1, 0.15) is 0 Å². The van der Waals surface area contributed by atoms with Crippen molar-refractivity contribution in [2.45, 2.75) is 38.4 Å². The van der Waals surface area contributed by atoms with Crippen LogP contribution in [0.4, 0.5) is 0 Å². The van der Waals surface area contributed by atoms with E-state index in [1.807, 2.05) is 6.07 Å². The first-order valence-electron chi connectivity index (χ1n) is 6.47. The summed E-state index contributed by atoms with van der Waals surface area (Å²) in [5, 5.41) is 9.14. The minimum absolute atomic E-state index is 0.237. The van der Waals surface area contributed by atoms with Gasteiger partial charge in [0.05, 0.1) is 6.61 Å². The van der Waals surface area contributed by atoms with Crippen LogP contribution in [0.3, 0.4) is 0 Å². The number of nitrogens with zero attached hydrogens (tertiary/aromatic N) is 1. The third kappa shape index (κ3) is 3.06. The van der Waals surface area contributed by atoms with Crippen molar-refractivity contribution in [1.82, 2.24) is 4.90 Å². The molecule has 1 aliphatic rings. The highest BCUT2D eigenvalue weighted by molar-refractivity contribution is 5.26. The van der Waals surface area contributed by atoms with Gasteiger partial charge in [-0.25, -0.2) is 0 Å². The fraction of sp³-hybridized carbons (Fsp3) is 0.571. The zero-order chi connectivity index (χ0) is 12.1. The molecule has 2 rings (SSSR count). The van der Waals surface area contributed by atoms with Gasteiger partial charge in [0.2, 0.25) is 0 Å². The van der Waals surface area contributed by atoms with Crippen LogP contribution >= 0.6 is 0 Å². The zero-order valence-electron chi connectivity index (χ0n) is 10.3. The molecule has 3 N–H and O–H groups in total. The highest BCUT2D eigenvalue weighted by Crippen LogP contribution is 2.26. The Labute approximate surface area is 103 Å². The van der Waals surface area contributed by atoms with E-state index in [1.165, 1.54) is 30.4 Å². The van der Waals surface area contributed by atoms with Gasteiger partial charge < -0.3 is 10.8 Å². The Morgan fingerprint density at radius 3 is 2.47 bits per heavy atom. The Morgan fingerprint density at radius 1 is 1.24 bits per heavy atom. The maximum absolute atomic E-state index is 9.14. The molecule has 0 radical (unpaired) electrons. The Bertz CT molecular complexity index is 350. The van der Waals surface area contributed by atoms with Gasteiger partial charge in [-0.15, -0.1) is 0 Å².